The predicted octanol–water partition coefficient (Wildman–Crippen LogP) is 2.82. The van der Waals surface area contributed by atoms with Gasteiger partial charge in [-0.2, -0.15) is 0 Å². The second-order valence-electron chi connectivity index (χ2n) is 4.93. The van der Waals surface area contributed by atoms with Crippen molar-refractivity contribution in [3.8, 4) is 0 Å². The van der Waals surface area contributed by atoms with Gasteiger partial charge in [0, 0.05) is 6.42 Å². The van der Waals surface area contributed by atoms with Gasteiger partial charge in [0.2, 0.25) is 0 Å². The predicted molar refractivity (Wildman–Crippen MR) is 69.5 cm³/mol. The summed E-state index contributed by atoms with van der Waals surface area (Å²) in [5, 5.41) is 16.6. The van der Waals surface area contributed by atoms with Gasteiger partial charge < -0.3 is 10.2 Å². The number of carboxylic acid groups (broad SMARTS) is 2. The molecule has 1 aromatic carbocycles. The van der Waals surface area contributed by atoms with Crippen LogP contribution in [0.15, 0.2) is 30.3 Å². The Morgan fingerprint density at radius 2 is 1.50 bits per heavy atom. The first-order valence-electron chi connectivity index (χ1n) is 5.72. The van der Waals surface area contributed by atoms with E-state index in [1.807, 2.05) is 30.3 Å². The van der Waals surface area contributed by atoms with Gasteiger partial charge >= 0.3 is 11.9 Å². The molecule has 0 spiro atoms. The molecule has 0 bridgehead atoms. The van der Waals surface area contributed by atoms with E-state index in [-0.39, 0.29) is 6.42 Å². The van der Waals surface area contributed by atoms with E-state index in [9.17, 15) is 9.59 Å². The molecule has 0 radical (unpaired) electrons. The summed E-state index contributed by atoms with van der Waals surface area (Å²) in [6.45, 7) is 4.99. The molecular weight excluding hydrogens is 232 g/mol. The number of rotatable bonds is 3. The number of carbonyl (C=O) groups is 2. The van der Waals surface area contributed by atoms with Gasteiger partial charge in [-0.15, -0.1) is 0 Å². The van der Waals surface area contributed by atoms with E-state index in [1.54, 1.807) is 20.8 Å². The highest BCUT2D eigenvalue weighted by Crippen LogP contribution is 2.11. The number of aliphatic carboxylic acids is 2. The average molecular weight is 252 g/mol. The molecule has 4 heteroatoms. The molecule has 0 aliphatic heterocycles. The molecule has 0 saturated carbocycles. The minimum atomic E-state index is -0.757. The third-order valence-corrected chi connectivity index (χ3v) is 2.11. The third-order valence-electron chi connectivity index (χ3n) is 2.11. The van der Waals surface area contributed by atoms with Crippen molar-refractivity contribution in [1.29, 1.82) is 0 Å². The highest BCUT2D eigenvalue weighted by molar-refractivity contribution is 5.72. The molecule has 4 nitrogen and oxygen atoms in total. The van der Waals surface area contributed by atoms with Crippen molar-refractivity contribution >= 4 is 11.9 Å². The van der Waals surface area contributed by atoms with Crippen LogP contribution in [0.4, 0.5) is 0 Å². The van der Waals surface area contributed by atoms with Gasteiger partial charge in [-0.05, 0) is 32.8 Å². The highest BCUT2D eigenvalue weighted by Gasteiger charge is 2.18. The van der Waals surface area contributed by atoms with Crippen LogP contribution in [0, 0.1) is 5.41 Å². The fourth-order valence-electron chi connectivity index (χ4n) is 0.896. The van der Waals surface area contributed by atoms with Gasteiger partial charge in [-0.3, -0.25) is 9.59 Å². The Morgan fingerprint density at radius 1 is 1.06 bits per heavy atom. The molecule has 0 fully saturated rings. The summed E-state index contributed by atoms with van der Waals surface area (Å²) in [7, 11) is 0. The maximum absolute atomic E-state index is 10.2. The van der Waals surface area contributed by atoms with E-state index in [4.69, 9.17) is 10.2 Å². The number of carboxylic acids is 2. The minimum absolute atomic E-state index is 0.212. The summed E-state index contributed by atoms with van der Waals surface area (Å²) in [5.41, 5.74) is 0.495. The molecule has 2 N–H and O–H groups in total. The summed E-state index contributed by atoms with van der Waals surface area (Å²) in [6, 6.07) is 9.62. The standard InChI is InChI=1S/C9H10O2.C5H10O2/c10-9(11)7-6-8-4-2-1-3-5-8;1-5(2,3)4(6)7/h1-5H,6-7H2,(H,10,11);1-3H3,(H,6,7). The Labute approximate surface area is 107 Å². The Morgan fingerprint density at radius 3 is 1.83 bits per heavy atom. The number of benzene rings is 1. The molecule has 0 aliphatic rings. The van der Waals surface area contributed by atoms with Crippen LogP contribution in [-0.2, 0) is 16.0 Å². The van der Waals surface area contributed by atoms with Crippen LogP contribution in [0.2, 0.25) is 0 Å². The molecular formula is C14H20O4. The zero-order valence-corrected chi connectivity index (χ0v) is 11.0. The molecule has 18 heavy (non-hydrogen) atoms. The lowest BCUT2D eigenvalue weighted by molar-refractivity contribution is -0.145. The number of hydrogen-bond acceptors (Lipinski definition) is 2. The van der Waals surface area contributed by atoms with Crippen molar-refractivity contribution in [1.82, 2.24) is 0 Å². The second kappa shape index (κ2) is 7.48. The molecule has 0 aliphatic carbocycles. The Balaban J connectivity index is 0.000000360. The van der Waals surface area contributed by atoms with Crippen molar-refractivity contribution in [2.75, 3.05) is 0 Å². The van der Waals surface area contributed by atoms with Gasteiger partial charge in [0.05, 0.1) is 5.41 Å². The topological polar surface area (TPSA) is 74.6 Å². The molecule has 0 amide bonds. The highest BCUT2D eigenvalue weighted by atomic mass is 16.4. The SMILES string of the molecule is CC(C)(C)C(=O)O.O=C(O)CCc1ccccc1. The Bertz CT molecular complexity index is 377. The smallest absolute Gasteiger partial charge is 0.308 e. The fourth-order valence-corrected chi connectivity index (χ4v) is 0.896. The largest absolute Gasteiger partial charge is 0.481 e. The van der Waals surface area contributed by atoms with Crippen LogP contribution in [0.1, 0.15) is 32.8 Å². The van der Waals surface area contributed by atoms with Crippen molar-refractivity contribution in [2.24, 2.45) is 5.41 Å². The molecule has 1 aromatic rings. The lowest BCUT2D eigenvalue weighted by atomic mass is 9.98. The molecule has 1 rings (SSSR count). The summed E-state index contributed by atoms with van der Waals surface area (Å²) in [5.74, 6) is -1.50. The van der Waals surface area contributed by atoms with Gasteiger partial charge in [0.25, 0.3) is 0 Å². The monoisotopic (exact) mass is 252 g/mol. The minimum Gasteiger partial charge on any atom is -0.481 e. The van der Waals surface area contributed by atoms with Crippen LogP contribution in [-0.4, -0.2) is 22.2 Å². The summed E-state index contributed by atoms with van der Waals surface area (Å²) < 4.78 is 0. The lowest BCUT2D eigenvalue weighted by Crippen LogP contribution is -2.18. The summed E-state index contributed by atoms with van der Waals surface area (Å²) in [6.07, 6.45) is 0.834. The first-order chi connectivity index (χ1) is 8.23. The van der Waals surface area contributed by atoms with Crippen molar-refractivity contribution in [3.05, 3.63) is 35.9 Å². The molecule has 0 atom stereocenters. The van der Waals surface area contributed by atoms with Crippen molar-refractivity contribution in [2.45, 2.75) is 33.6 Å². The van der Waals surface area contributed by atoms with Crippen molar-refractivity contribution < 1.29 is 19.8 Å². The van der Waals surface area contributed by atoms with E-state index in [0.29, 0.717) is 6.42 Å². The lowest BCUT2D eigenvalue weighted by Gasteiger charge is -2.08. The van der Waals surface area contributed by atoms with Gasteiger partial charge in [-0.25, -0.2) is 0 Å². The second-order valence-corrected chi connectivity index (χ2v) is 4.93. The first-order valence-corrected chi connectivity index (χ1v) is 5.72. The quantitative estimate of drug-likeness (QED) is 0.867. The summed E-state index contributed by atoms with van der Waals surface area (Å²) >= 11 is 0. The molecule has 0 aromatic heterocycles. The molecule has 0 unspecified atom stereocenters. The Hall–Kier alpha value is -1.84. The summed E-state index contributed by atoms with van der Waals surface area (Å²) in [4.78, 5) is 20.2. The van der Waals surface area contributed by atoms with Gasteiger partial charge in [0.1, 0.15) is 0 Å². The average Bonchev–Trinajstić information content (AvgIpc) is 2.27. The van der Waals surface area contributed by atoms with Crippen LogP contribution in [0.25, 0.3) is 0 Å². The van der Waals surface area contributed by atoms with Crippen molar-refractivity contribution in [3.63, 3.8) is 0 Å². The number of aryl methyl sites for hydroxylation is 1. The maximum Gasteiger partial charge on any atom is 0.308 e. The van der Waals surface area contributed by atoms with E-state index in [2.05, 4.69) is 0 Å². The van der Waals surface area contributed by atoms with Crippen LogP contribution >= 0.6 is 0 Å². The van der Waals surface area contributed by atoms with Crippen LogP contribution < -0.4 is 0 Å². The van der Waals surface area contributed by atoms with E-state index < -0.39 is 17.4 Å². The molecule has 0 heterocycles. The zero-order chi connectivity index (χ0) is 14.2. The normalized spacial score (nSPS) is 10.2. The van der Waals surface area contributed by atoms with Crippen LogP contribution in [0.3, 0.4) is 0 Å². The molecule has 100 valence electrons. The van der Waals surface area contributed by atoms with E-state index in [0.717, 1.165) is 5.56 Å². The number of hydrogen-bond donors (Lipinski definition) is 2. The van der Waals surface area contributed by atoms with Crippen LogP contribution in [0.5, 0.6) is 0 Å². The van der Waals surface area contributed by atoms with E-state index >= 15 is 0 Å². The maximum atomic E-state index is 10.2. The Kier molecular flexibility index (Phi) is 6.71. The zero-order valence-electron chi connectivity index (χ0n) is 11.0. The van der Waals surface area contributed by atoms with Gasteiger partial charge in [-0.1, -0.05) is 30.3 Å². The molecule has 0 saturated heterocycles. The first kappa shape index (κ1) is 16.2. The fraction of sp³-hybridized carbons (Fsp3) is 0.429. The van der Waals surface area contributed by atoms with Gasteiger partial charge in [0.15, 0.2) is 0 Å². The third kappa shape index (κ3) is 8.33. The van der Waals surface area contributed by atoms with E-state index in [1.165, 1.54) is 0 Å².